The third-order valence-corrected chi connectivity index (χ3v) is 4.93. The number of hydrogen-bond acceptors (Lipinski definition) is 4. The van der Waals surface area contributed by atoms with Crippen LogP contribution in [0.1, 0.15) is 39.7 Å². The van der Waals surface area contributed by atoms with E-state index in [9.17, 15) is 9.18 Å². The summed E-state index contributed by atoms with van der Waals surface area (Å²) < 4.78 is 13.4. The van der Waals surface area contributed by atoms with Crippen LogP contribution in [0, 0.1) is 5.82 Å². The number of nitrogens with zero attached hydrogens (tertiary/aromatic N) is 2. The molecule has 1 aromatic carbocycles. The summed E-state index contributed by atoms with van der Waals surface area (Å²) in [5.41, 5.74) is 2.96. The van der Waals surface area contributed by atoms with Gasteiger partial charge in [0.15, 0.2) is 11.4 Å². The number of rotatable bonds is 3. The summed E-state index contributed by atoms with van der Waals surface area (Å²) in [4.78, 5) is 18.6. The maximum atomic E-state index is 13.4. The molecule has 0 amide bonds. The monoisotopic (exact) mass is 288 g/mol. The fourth-order valence-corrected chi connectivity index (χ4v) is 3.74. The Balaban J connectivity index is 1.76. The van der Waals surface area contributed by atoms with Gasteiger partial charge in [-0.15, -0.1) is 0 Å². The standard InChI is InChI=1S/C15H13FN2OS/c16-11-4-3-9-5-6-18(12(9)7-11)15-17-14(10-1-2-10)13(8-19)20-15/h3-4,7-8,10H,1-2,5-6H2. The lowest BCUT2D eigenvalue weighted by molar-refractivity contribution is 0.112. The van der Waals surface area contributed by atoms with E-state index >= 15 is 0 Å². The molecule has 2 aromatic rings. The molecule has 1 saturated carbocycles. The number of aromatic nitrogens is 1. The summed E-state index contributed by atoms with van der Waals surface area (Å²) in [6.45, 7) is 0.800. The lowest BCUT2D eigenvalue weighted by atomic mass is 10.2. The van der Waals surface area contributed by atoms with Gasteiger partial charge in [-0.1, -0.05) is 17.4 Å². The Morgan fingerprint density at radius 3 is 3.00 bits per heavy atom. The Kier molecular flexibility index (Phi) is 2.63. The lowest BCUT2D eigenvalue weighted by Gasteiger charge is -2.15. The molecule has 0 N–H and O–H groups in total. The largest absolute Gasteiger partial charge is 0.317 e. The molecule has 2 heterocycles. The first-order valence-electron chi connectivity index (χ1n) is 6.78. The van der Waals surface area contributed by atoms with Gasteiger partial charge >= 0.3 is 0 Å². The Bertz CT molecular complexity index is 693. The SMILES string of the molecule is O=Cc1sc(N2CCc3ccc(F)cc32)nc1C1CC1. The number of anilines is 2. The number of carbonyl (C=O) groups is 1. The second-order valence-corrected chi connectivity index (χ2v) is 6.32. The third-order valence-electron chi connectivity index (χ3n) is 3.91. The van der Waals surface area contributed by atoms with E-state index < -0.39 is 0 Å². The fraction of sp³-hybridized carbons (Fsp3) is 0.333. The second kappa shape index (κ2) is 4.38. The molecule has 1 aliphatic carbocycles. The van der Waals surface area contributed by atoms with Crippen molar-refractivity contribution >= 4 is 28.4 Å². The van der Waals surface area contributed by atoms with Crippen molar-refractivity contribution in [1.82, 2.24) is 4.98 Å². The molecular formula is C15H13FN2OS. The molecule has 4 rings (SSSR count). The number of aldehydes is 1. The van der Waals surface area contributed by atoms with Crippen molar-refractivity contribution in [2.75, 3.05) is 11.4 Å². The summed E-state index contributed by atoms with van der Waals surface area (Å²) >= 11 is 1.42. The van der Waals surface area contributed by atoms with Gasteiger partial charge in [0.1, 0.15) is 5.82 Å². The summed E-state index contributed by atoms with van der Waals surface area (Å²) in [5.74, 6) is 0.222. The fourth-order valence-electron chi connectivity index (χ4n) is 2.73. The van der Waals surface area contributed by atoms with Crippen LogP contribution < -0.4 is 4.90 Å². The maximum Gasteiger partial charge on any atom is 0.190 e. The first-order chi connectivity index (χ1) is 9.76. The summed E-state index contributed by atoms with van der Waals surface area (Å²) in [6, 6.07) is 4.89. The van der Waals surface area contributed by atoms with E-state index in [1.807, 2.05) is 11.0 Å². The highest BCUT2D eigenvalue weighted by Gasteiger charge is 2.32. The van der Waals surface area contributed by atoms with Crippen LogP contribution in [0.5, 0.6) is 0 Å². The highest BCUT2D eigenvalue weighted by atomic mass is 32.1. The van der Waals surface area contributed by atoms with E-state index in [4.69, 9.17) is 0 Å². The average Bonchev–Trinajstić information content (AvgIpc) is 3.07. The number of fused-ring (bicyclic) bond motifs is 1. The molecule has 0 bridgehead atoms. The van der Waals surface area contributed by atoms with Gasteiger partial charge in [-0.2, -0.15) is 0 Å². The Morgan fingerprint density at radius 2 is 2.25 bits per heavy atom. The lowest BCUT2D eigenvalue weighted by Crippen LogP contribution is -2.13. The molecule has 2 aliphatic rings. The molecule has 0 saturated heterocycles. The van der Waals surface area contributed by atoms with Crippen LogP contribution in [0.25, 0.3) is 0 Å². The zero-order valence-corrected chi connectivity index (χ0v) is 11.6. The van der Waals surface area contributed by atoms with E-state index in [2.05, 4.69) is 4.98 Å². The quantitative estimate of drug-likeness (QED) is 0.808. The third kappa shape index (κ3) is 1.85. The van der Waals surface area contributed by atoms with E-state index in [1.165, 1.54) is 17.4 Å². The second-order valence-electron chi connectivity index (χ2n) is 5.31. The van der Waals surface area contributed by atoms with Crippen molar-refractivity contribution in [3.63, 3.8) is 0 Å². The van der Waals surface area contributed by atoms with Crippen LogP contribution >= 0.6 is 11.3 Å². The van der Waals surface area contributed by atoms with Crippen molar-refractivity contribution in [3.05, 3.63) is 40.2 Å². The van der Waals surface area contributed by atoms with Gasteiger partial charge in [0.2, 0.25) is 0 Å². The number of thiazole rings is 1. The Morgan fingerprint density at radius 1 is 1.40 bits per heavy atom. The highest BCUT2D eigenvalue weighted by Crippen LogP contribution is 2.45. The molecule has 1 fully saturated rings. The van der Waals surface area contributed by atoms with Gasteiger partial charge in [-0.3, -0.25) is 4.79 Å². The molecule has 0 radical (unpaired) electrons. The molecule has 0 spiro atoms. The minimum absolute atomic E-state index is 0.231. The van der Waals surface area contributed by atoms with Gasteiger partial charge in [0.25, 0.3) is 0 Å². The van der Waals surface area contributed by atoms with Crippen molar-refractivity contribution in [1.29, 1.82) is 0 Å². The van der Waals surface area contributed by atoms with Crippen LogP contribution in [-0.4, -0.2) is 17.8 Å². The first kappa shape index (κ1) is 12.0. The van der Waals surface area contributed by atoms with Gasteiger partial charge in [-0.05, 0) is 37.0 Å². The molecule has 102 valence electrons. The van der Waals surface area contributed by atoms with E-state index in [1.54, 1.807) is 6.07 Å². The number of benzene rings is 1. The Labute approximate surface area is 120 Å². The van der Waals surface area contributed by atoms with Gasteiger partial charge in [0, 0.05) is 18.2 Å². The van der Waals surface area contributed by atoms with Crippen LogP contribution in [-0.2, 0) is 6.42 Å². The topological polar surface area (TPSA) is 33.2 Å². The maximum absolute atomic E-state index is 13.4. The van der Waals surface area contributed by atoms with E-state index in [0.717, 1.165) is 59.0 Å². The summed E-state index contributed by atoms with van der Waals surface area (Å²) in [7, 11) is 0. The predicted octanol–water partition coefficient (Wildman–Crippen LogP) is 3.67. The molecule has 5 heteroatoms. The summed E-state index contributed by atoms with van der Waals surface area (Å²) in [6.07, 6.45) is 4.03. The van der Waals surface area contributed by atoms with Gasteiger partial charge < -0.3 is 4.90 Å². The van der Waals surface area contributed by atoms with E-state index in [0.29, 0.717) is 5.92 Å². The molecular weight excluding hydrogens is 275 g/mol. The van der Waals surface area contributed by atoms with E-state index in [-0.39, 0.29) is 5.82 Å². The number of halogens is 1. The van der Waals surface area contributed by atoms with Gasteiger partial charge in [0.05, 0.1) is 10.6 Å². The predicted molar refractivity (Wildman–Crippen MR) is 76.6 cm³/mol. The van der Waals surface area contributed by atoms with Crippen LogP contribution in [0.15, 0.2) is 18.2 Å². The smallest absolute Gasteiger partial charge is 0.190 e. The number of carbonyl (C=O) groups excluding carboxylic acids is 1. The highest BCUT2D eigenvalue weighted by molar-refractivity contribution is 7.17. The zero-order valence-electron chi connectivity index (χ0n) is 10.8. The molecule has 1 aromatic heterocycles. The number of hydrogen-bond donors (Lipinski definition) is 0. The zero-order chi connectivity index (χ0) is 13.7. The molecule has 20 heavy (non-hydrogen) atoms. The van der Waals surface area contributed by atoms with Crippen LogP contribution in [0.2, 0.25) is 0 Å². The normalized spacial score (nSPS) is 17.4. The molecule has 0 atom stereocenters. The summed E-state index contributed by atoms with van der Waals surface area (Å²) in [5, 5.41) is 0.818. The minimum atomic E-state index is -0.231. The minimum Gasteiger partial charge on any atom is -0.317 e. The van der Waals surface area contributed by atoms with Crippen molar-refractivity contribution in [2.45, 2.75) is 25.2 Å². The molecule has 0 unspecified atom stereocenters. The average molecular weight is 288 g/mol. The molecule has 1 aliphatic heterocycles. The van der Waals surface area contributed by atoms with Crippen molar-refractivity contribution in [3.8, 4) is 0 Å². The first-order valence-corrected chi connectivity index (χ1v) is 7.60. The van der Waals surface area contributed by atoms with Crippen LogP contribution in [0.4, 0.5) is 15.2 Å². The Hall–Kier alpha value is -1.75. The van der Waals surface area contributed by atoms with Gasteiger partial charge in [-0.25, -0.2) is 9.37 Å². The van der Waals surface area contributed by atoms with Crippen LogP contribution in [0.3, 0.4) is 0 Å². The van der Waals surface area contributed by atoms with Crippen molar-refractivity contribution < 1.29 is 9.18 Å². The van der Waals surface area contributed by atoms with Crippen molar-refractivity contribution in [2.24, 2.45) is 0 Å². The molecule has 3 nitrogen and oxygen atoms in total.